The largest absolute Gasteiger partial charge is 0.406 e. The molecule has 3 rings (SSSR count). The summed E-state index contributed by atoms with van der Waals surface area (Å²) in [4.78, 5) is 41.5. The Bertz CT molecular complexity index is 1030. The van der Waals surface area contributed by atoms with Gasteiger partial charge in [0.15, 0.2) is 0 Å². The number of rotatable bonds is 6. The highest BCUT2D eigenvalue weighted by Crippen LogP contribution is 2.14. The fourth-order valence-electron chi connectivity index (χ4n) is 2.51. The van der Waals surface area contributed by atoms with Crippen LogP contribution in [0.5, 0.6) is 0 Å². The van der Waals surface area contributed by atoms with E-state index in [1.807, 2.05) is 30.3 Å². The summed E-state index contributed by atoms with van der Waals surface area (Å²) in [6, 6.07) is 19.0. The van der Waals surface area contributed by atoms with Gasteiger partial charge in [0, 0.05) is 24.5 Å². The molecule has 0 fully saturated rings. The lowest BCUT2D eigenvalue weighted by atomic mass is 10.2. The first-order valence-electron chi connectivity index (χ1n) is 8.61. The molecule has 0 atom stereocenters. The van der Waals surface area contributed by atoms with E-state index in [1.54, 1.807) is 30.3 Å². The van der Waals surface area contributed by atoms with E-state index in [4.69, 9.17) is 4.84 Å². The molecular weight excluding hydrogens is 358 g/mol. The van der Waals surface area contributed by atoms with Crippen molar-refractivity contribution in [1.82, 2.24) is 4.73 Å². The average Bonchev–Trinajstić information content (AvgIpc) is 2.69. The van der Waals surface area contributed by atoms with Crippen LogP contribution < -0.4 is 21.0 Å². The molecule has 0 saturated heterocycles. The molecule has 0 unspecified atom stereocenters. The van der Waals surface area contributed by atoms with Crippen LogP contribution in [0.15, 0.2) is 77.7 Å². The van der Waals surface area contributed by atoms with Crippen molar-refractivity contribution in [3.05, 3.63) is 94.4 Å². The van der Waals surface area contributed by atoms with Gasteiger partial charge in [-0.3, -0.25) is 14.4 Å². The molecule has 0 aliphatic carbocycles. The second-order valence-corrected chi connectivity index (χ2v) is 6.02. The average molecular weight is 377 g/mol. The van der Waals surface area contributed by atoms with Crippen LogP contribution >= 0.6 is 0 Å². The standard InChI is InChI=1S/C21H19N3O4/c1-15(25)22-17-9-11-18(12-10-17)23-20(26)19-8-5-13-24(21(19)27)28-14-16-6-3-2-4-7-16/h2-13H,14H2,1H3,(H,22,25)(H,23,26). The number of aromatic nitrogens is 1. The fourth-order valence-corrected chi connectivity index (χ4v) is 2.51. The SMILES string of the molecule is CC(=O)Nc1ccc(NC(=O)c2cccn(OCc3ccccc3)c2=O)cc1. The second-order valence-electron chi connectivity index (χ2n) is 6.02. The van der Waals surface area contributed by atoms with Crippen LogP contribution in [0, 0.1) is 0 Å². The normalized spacial score (nSPS) is 10.2. The summed E-state index contributed by atoms with van der Waals surface area (Å²) in [5.74, 6) is -0.730. The van der Waals surface area contributed by atoms with E-state index in [0.717, 1.165) is 10.3 Å². The summed E-state index contributed by atoms with van der Waals surface area (Å²) in [7, 11) is 0. The van der Waals surface area contributed by atoms with E-state index in [2.05, 4.69) is 10.6 Å². The minimum Gasteiger partial charge on any atom is -0.406 e. The van der Waals surface area contributed by atoms with E-state index in [9.17, 15) is 14.4 Å². The Labute approximate surface area is 161 Å². The van der Waals surface area contributed by atoms with Crippen molar-refractivity contribution in [2.75, 3.05) is 10.6 Å². The molecule has 3 aromatic rings. The number of hydrogen-bond donors (Lipinski definition) is 2. The molecule has 1 heterocycles. The predicted molar refractivity (Wildman–Crippen MR) is 106 cm³/mol. The van der Waals surface area contributed by atoms with Gasteiger partial charge in [-0.2, -0.15) is 4.73 Å². The Morgan fingerprint density at radius 2 is 1.54 bits per heavy atom. The first kappa shape index (κ1) is 18.9. The summed E-state index contributed by atoms with van der Waals surface area (Å²) in [5.41, 5.74) is 1.43. The lowest BCUT2D eigenvalue weighted by Gasteiger charge is -2.10. The Kier molecular flexibility index (Phi) is 5.86. The Morgan fingerprint density at radius 3 is 2.18 bits per heavy atom. The van der Waals surface area contributed by atoms with Crippen molar-refractivity contribution in [1.29, 1.82) is 0 Å². The van der Waals surface area contributed by atoms with Crippen molar-refractivity contribution in [3.8, 4) is 0 Å². The summed E-state index contributed by atoms with van der Waals surface area (Å²) in [5, 5.41) is 5.30. The number of carbonyl (C=O) groups is 2. The maximum absolute atomic E-state index is 12.5. The molecule has 2 aromatic carbocycles. The lowest BCUT2D eigenvalue weighted by Crippen LogP contribution is -2.32. The zero-order valence-electron chi connectivity index (χ0n) is 15.2. The van der Waals surface area contributed by atoms with E-state index < -0.39 is 11.5 Å². The zero-order valence-corrected chi connectivity index (χ0v) is 15.2. The number of anilines is 2. The highest BCUT2D eigenvalue weighted by atomic mass is 16.7. The summed E-state index contributed by atoms with van der Waals surface area (Å²) >= 11 is 0. The van der Waals surface area contributed by atoms with Gasteiger partial charge in [0.05, 0.1) is 0 Å². The maximum atomic E-state index is 12.5. The first-order chi connectivity index (χ1) is 13.5. The number of benzene rings is 2. The van der Waals surface area contributed by atoms with E-state index in [1.165, 1.54) is 19.2 Å². The Morgan fingerprint density at radius 1 is 0.893 bits per heavy atom. The fraction of sp³-hybridized carbons (Fsp3) is 0.0952. The molecule has 0 spiro atoms. The van der Waals surface area contributed by atoms with Gasteiger partial charge in [-0.1, -0.05) is 30.3 Å². The van der Waals surface area contributed by atoms with Crippen molar-refractivity contribution < 1.29 is 14.4 Å². The van der Waals surface area contributed by atoms with Crippen molar-refractivity contribution in [2.45, 2.75) is 13.5 Å². The number of pyridine rings is 1. The third-order valence-electron chi connectivity index (χ3n) is 3.84. The van der Waals surface area contributed by atoms with Gasteiger partial charge >= 0.3 is 0 Å². The van der Waals surface area contributed by atoms with Gasteiger partial charge in [0.1, 0.15) is 12.2 Å². The number of nitrogens with one attached hydrogen (secondary N) is 2. The summed E-state index contributed by atoms with van der Waals surface area (Å²) < 4.78 is 1.04. The molecule has 28 heavy (non-hydrogen) atoms. The molecule has 0 radical (unpaired) electrons. The molecule has 1 aromatic heterocycles. The van der Waals surface area contributed by atoms with E-state index in [-0.39, 0.29) is 18.1 Å². The van der Waals surface area contributed by atoms with Crippen LogP contribution in [0.1, 0.15) is 22.8 Å². The van der Waals surface area contributed by atoms with Crippen LogP contribution in [0.3, 0.4) is 0 Å². The van der Waals surface area contributed by atoms with E-state index >= 15 is 0 Å². The molecular formula is C21H19N3O4. The van der Waals surface area contributed by atoms with Gasteiger partial charge in [0.2, 0.25) is 5.91 Å². The first-order valence-corrected chi connectivity index (χ1v) is 8.61. The van der Waals surface area contributed by atoms with Gasteiger partial charge in [0.25, 0.3) is 11.5 Å². The number of hydrogen-bond acceptors (Lipinski definition) is 4. The minimum atomic E-state index is -0.550. The van der Waals surface area contributed by atoms with Gasteiger partial charge in [-0.25, -0.2) is 0 Å². The number of amides is 2. The van der Waals surface area contributed by atoms with Gasteiger partial charge in [-0.15, -0.1) is 0 Å². The van der Waals surface area contributed by atoms with Gasteiger partial charge in [-0.05, 0) is 42.0 Å². The molecule has 0 aliphatic rings. The molecule has 2 amide bonds. The molecule has 7 nitrogen and oxygen atoms in total. The van der Waals surface area contributed by atoms with Crippen LogP contribution in [-0.2, 0) is 11.4 Å². The van der Waals surface area contributed by atoms with Crippen molar-refractivity contribution in [3.63, 3.8) is 0 Å². The third kappa shape index (κ3) is 4.85. The lowest BCUT2D eigenvalue weighted by molar-refractivity contribution is -0.114. The quantitative estimate of drug-likeness (QED) is 0.691. The highest BCUT2D eigenvalue weighted by Gasteiger charge is 2.13. The Hall–Kier alpha value is -3.87. The Balaban J connectivity index is 1.70. The monoisotopic (exact) mass is 377 g/mol. The zero-order chi connectivity index (χ0) is 19.9. The molecule has 142 valence electrons. The van der Waals surface area contributed by atoms with E-state index in [0.29, 0.717) is 11.4 Å². The van der Waals surface area contributed by atoms with Crippen molar-refractivity contribution >= 4 is 23.2 Å². The van der Waals surface area contributed by atoms with Crippen LogP contribution in [0.2, 0.25) is 0 Å². The number of nitrogens with zero attached hydrogens (tertiary/aromatic N) is 1. The minimum absolute atomic E-state index is 0.0403. The molecule has 0 bridgehead atoms. The van der Waals surface area contributed by atoms with Gasteiger partial charge < -0.3 is 15.5 Å². The maximum Gasteiger partial charge on any atom is 0.295 e. The summed E-state index contributed by atoms with van der Waals surface area (Å²) in [6.45, 7) is 1.62. The third-order valence-corrected chi connectivity index (χ3v) is 3.84. The topological polar surface area (TPSA) is 89.4 Å². The summed E-state index contributed by atoms with van der Waals surface area (Å²) in [6.07, 6.45) is 1.46. The second kappa shape index (κ2) is 8.68. The highest BCUT2D eigenvalue weighted by molar-refractivity contribution is 6.04. The molecule has 2 N–H and O–H groups in total. The molecule has 0 aliphatic heterocycles. The smallest absolute Gasteiger partial charge is 0.295 e. The van der Waals surface area contributed by atoms with Crippen molar-refractivity contribution in [2.24, 2.45) is 0 Å². The number of carbonyl (C=O) groups excluding carboxylic acids is 2. The van der Waals surface area contributed by atoms with Crippen LogP contribution in [-0.4, -0.2) is 16.5 Å². The van der Waals surface area contributed by atoms with Crippen LogP contribution in [0.25, 0.3) is 0 Å². The van der Waals surface area contributed by atoms with Crippen LogP contribution in [0.4, 0.5) is 11.4 Å². The predicted octanol–water partition coefficient (Wildman–Crippen LogP) is 2.69. The molecule has 7 heteroatoms. The molecule has 0 saturated carbocycles.